The molecule has 0 aromatic carbocycles. The van der Waals surface area contributed by atoms with Gasteiger partial charge >= 0.3 is 5.97 Å². The molecule has 0 fully saturated rings. The van der Waals surface area contributed by atoms with Crippen molar-refractivity contribution in [3.05, 3.63) is 0 Å². The Balaban J connectivity index is 3.79. The zero-order chi connectivity index (χ0) is 16.1. The van der Waals surface area contributed by atoms with E-state index in [0.29, 0.717) is 6.42 Å². The highest BCUT2D eigenvalue weighted by Crippen LogP contribution is 2.15. The molecular weight excluding hydrogens is 272 g/mol. The largest absolute Gasteiger partial charge is 0.373 e. The summed E-state index contributed by atoms with van der Waals surface area (Å²) in [4.78, 5) is 25.4. The van der Waals surface area contributed by atoms with Gasteiger partial charge in [0.25, 0.3) is 0 Å². The first-order valence-electron chi connectivity index (χ1n) is 8.10. The Morgan fingerprint density at radius 2 is 1.52 bits per heavy atom. The fraction of sp³-hybridized carbons (Fsp3) is 0.938. The molecule has 0 saturated heterocycles. The molecule has 0 rings (SSSR count). The van der Waals surface area contributed by atoms with E-state index in [1.165, 1.54) is 32.1 Å². The van der Waals surface area contributed by atoms with E-state index in [4.69, 9.17) is 15.0 Å². The van der Waals surface area contributed by atoms with E-state index in [1.807, 2.05) is 20.8 Å². The van der Waals surface area contributed by atoms with Crippen LogP contribution in [-0.4, -0.2) is 22.9 Å². The summed E-state index contributed by atoms with van der Waals surface area (Å²) in [6, 6.07) is 0. The summed E-state index contributed by atoms with van der Waals surface area (Å²) in [5, 5.41) is 8.47. The SMILES string of the molecule is CCCCCCCCCCC(OOC(C)(C)C)C(=O)OO. The fourth-order valence-electron chi connectivity index (χ4n) is 1.93. The number of hydrogen-bond donors (Lipinski definition) is 1. The molecular formula is C16H32O5. The van der Waals surface area contributed by atoms with Crippen molar-refractivity contribution in [3.8, 4) is 0 Å². The van der Waals surface area contributed by atoms with E-state index in [1.54, 1.807) is 0 Å². The second-order valence-electron chi connectivity index (χ2n) is 6.45. The lowest BCUT2D eigenvalue weighted by Crippen LogP contribution is -2.30. The Kier molecular flexibility index (Phi) is 11.6. The number of rotatable bonds is 12. The number of carbonyl (C=O) groups is 1. The topological polar surface area (TPSA) is 65.0 Å². The van der Waals surface area contributed by atoms with Gasteiger partial charge in [-0.1, -0.05) is 58.3 Å². The molecule has 1 atom stereocenters. The van der Waals surface area contributed by atoms with Crippen molar-refractivity contribution in [2.24, 2.45) is 0 Å². The smallest absolute Gasteiger partial charge is 0.298 e. The summed E-state index contributed by atoms with van der Waals surface area (Å²) in [6.07, 6.45) is 9.05. The first kappa shape index (κ1) is 20.3. The van der Waals surface area contributed by atoms with Crippen molar-refractivity contribution in [1.29, 1.82) is 0 Å². The molecule has 0 aliphatic heterocycles. The second kappa shape index (κ2) is 12.0. The fourth-order valence-corrected chi connectivity index (χ4v) is 1.93. The third-order valence-corrected chi connectivity index (χ3v) is 3.09. The first-order valence-corrected chi connectivity index (χ1v) is 8.10. The van der Waals surface area contributed by atoms with E-state index in [0.717, 1.165) is 19.3 Å². The van der Waals surface area contributed by atoms with Gasteiger partial charge in [0.2, 0.25) is 0 Å². The number of hydrogen-bond acceptors (Lipinski definition) is 5. The third-order valence-electron chi connectivity index (χ3n) is 3.09. The van der Waals surface area contributed by atoms with Gasteiger partial charge in [0, 0.05) is 0 Å². The lowest BCUT2D eigenvalue weighted by Gasteiger charge is -2.21. The van der Waals surface area contributed by atoms with Gasteiger partial charge in [0.15, 0.2) is 6.10 Å². The van der Waals surface area contributed by atoms with Crippen LogP contribution in [0.25, 0.3) is 0 Å². The molecule has 0 spiro atoms. The Bertz CT molecular complexity index is 260. The lowest BCUT2D eigenvalue weighted by atomic mass is 10.1. The summed E-state index contributed by atoms with van der Waals surface area (Å²) in [7, 11) is 0. The van der Waals surface area contributed by atoms with E-state index >= 15 is 0 Å². The van der Waals surface area contributed by atoms with Crippen LogP contribution in [-0.2, 0) is 19.5 Å². The zero-order valence-corrected chi connectivity index (χ0v) is 14.0. The Labute approximate surface area is 128 Å². The van der Waals surface area contributed by atoms with Crippen LogP contribution in [0.15, 0.2) is 0 Å². The van der Waals surface area contributed by atoms with Crippen LogP contribution in [0.1, 0.15) is 85.5 Å². The zero-order valence-electron chi connectivity index (χ0n) is 14.0. The van der Waals surface area contributed by atoms with Crippen molar-refractivity contribution in [3.63, 3.8) is 0 Å². The monoisotopic (exact) mass is 304 g/mol. The average Bonchev–Trinajstić information content (AvgIpc) is 2.43. The molecule has 0 aromatic rings. The van der Waals surface area contributed by atoms with Crippen molar-refractivity contribution >= 4 is 5.97 Å². The van der Waals surface area contributed by atoms with E-state index in [9.17, 15) is 4.79 Å². The van der Waals surface area contributed by atoms with Crippen LogP contribution < -0.4 is 0 Å². The van der Waals surface area contributed by atoms with Crippen molar-refractivity contribution in [2.45, 2.75) is 97.2 Å². The minimum atomic E-state index is -0.866. The van der Waals surface area contributed by atoms with Gasteiger partial charge in [0.1, 0.15) is 0 Å². The van der Waals surface area contributed by atoms with Gasteiger partial charge in [-0.3, -0.25) is 4.89 Å². The third kappa shape index (κ3) is 12.8. The average molecular weight is 304 g/mol. The quantitative estimate of drug-likeness (QED) is 0.323. The molecule has 0 amide bonds. The maximum Gasteiger partial charge on any atom is 0.373 e. The molecule has 0 bridgehead atoms. The maximum absolute atomic E-state index is 11.4. The maximum atomic E-state index is 11.4. The molecule has 1 N–H and O–H groups in total. The van der Waals surface area contributed by atoms with Crippen LogP contribution in [0.2, 0.25) is 0 Å². The van der Waals surface area contributed by atoms with Gasteiger partial charge in [-0.05, 0) is 27.2 Å². The predicted molar refractivity (Wildman–Crippen MR) is 81.7 cm³/mol. The van der Waals surface area contributed by atoms with Gasteiger partial charge < -0.3 is 0 Å². The molecule has 5 nitrogen and oxygen atoms in total. The summed E-state index contributed by atoms with van der Waals surface area (Å²) in [5.74, 6) is -0.804. The molecule has 0 heterocycles. The van der Waals surface area contributed by atoms with Crippen LogP contribution in [0.5, 0.6) is 0 Å². The van der Waals surface area contributed by atoms with Gasteiger partial charge in [-0.25, -0.2) is 14.6 Å². The van der Waals surface area contributed by atoms with Crippen molar-refractivity contribution in [2.75, 3.05) is 0 Å². The highest BCUT2D eigenvalue weighted by Gasteiger charge is 2.25. The van der Waals surface area contributed by atoms with Gasteiger partial charge in [0.05, 0.1) is 5.60 Å². The van der Waals surface area contributed by atoms with Gasteiger partial charge in [-0.2, -0.15) is 5.26 Å². The molecule has 1 unspecified atom stereocenters. The molecule has 5 heteroatoms. The normalized spacial score (nSPS) is 13.2. The Morgan fingerprint density at radius 3 is 2.00 bits per heavy atom. The highest BCUT2D eigenvalue weighted by atomic mass is 17.2. The van der Waals surface area contributed by atoms with Crippen LogP contribution in [0, 0.1) is 0 Å². The number of unbranched alkanes of at least 4 members (excludes halogenated alkanes) is 7. The highest BCUT2D eigenvalue weighted by molar-refractivity contribution is 5.73. The first-order chi connectivity index (χ1) is 9.90. The summed E-state index contributed by atoms with van der Waals surface area (Å²) >= 11 is 0. The Hall–Kier alpha value is -0.650. The number of carbonyl (C=O) groups excluding carboxylic acids is 1. The second-order valence-corrected chi connectivity index (χ2v) is 6.45. The summed E-state index contributed by atoms with van der Waals surface area (Å²) < 4.78 is 0. The molecule has 0 saturated carbocycles. The van der Waals surface area contributed by atoms with Crippen molar-refractivity contribution < 1.29 is 24.7 Å². The minimum Gasteiger partial charge on any atom is -0.298 e. The molecule has 0 aliphatic rings. The molecule has 0 aromatic heterocycles. The van der Waals surface area contributed by atoms with E-state index < -0.39 is 17.7 Å². The molecule has 126 valence electrons. The standard InChI is InChI=1S/C16H32O5/c1-5-6-7-8-9-10-11-12-13-14(15(17)19-18)20-21-16(2,3)4/h14,18H,5-13H2,1-4H3. The Morgan fingerprint density at radius 1 is 1.00 bits per heavy atom. The molecule has 21 heavy (non-hydrogen) atoms. The van der Waals surface area contributed by atoms with E-state index in [2.05, 4.69) is 11.8 Å². The van der Waals surface area contributed by atoms with Crippen LogP contribution in [0.4, 0.5) is 0 Å². The van der Waals surface area contributed by atoms with Crippen LogP contribution in [0.3, 0.4) is 0 Å². The molecule has 0 radical (unpaired) electrons. The molecule has 0 aliphatic carbocycles. The summed E-state index contributed by atoms with van der Waals surface area (Å²) in [6.45, 7) is 7.68. The van der Waals surface area contributed by atoms with Gasteiger partial charge in [-0.15, -0.1) is 0 Å². The van der Waals surface area contributed by atoms with Crippen molar-refractivity contribution in [1.82, 2.24) is 0 Å². The lowest BCUT2D eigenvalue weighted by molar-refractivity contribution is -0.375. The summed E-state index contributed by atoms with van der Waals surface area (Å²) in [5.41, 5.74) is -0.507. The minimum absolute atomic E-state index is 0.491. The van der Waals surface area contributed by atoms with E-state index in [-0.39, 0.29) is 0 Å². The predicted octanol–water partition coefficient (Wildman–Crippen LogP) is 4.65. The van der Waals surface area contributed by atoms with Crippen LogP contribution >= 0.6 is 0 Å².